The van der Waals surface area contributed by atoms with Gasteiger partial charge in [0.2, 0.25) is 0 Å². The summed E-state index contributed by atoms with van der Waals surface area (Å²) >= 11 is -1.21. The monoisotopic (exact) mass is 612 g/mol. The van der Waals surface area contributed by atoms with Crippen LogP contribution in [0.1, 0.15) is 11.1 Å². The van der Waals surface area contributed by atoms with Gasteiger partial charge in [-0.05, 0) is 0 Å². The van der Waals surface area contributed by atoms with Gasteiger partial charge in [0.05, 0.1) is 0 Å². The molecule has 2 aromatic carbocycles. The van der Waals surface area contributed by atoms with E-state index in [1.807, 2.05) is 0 Å². The quantitative estimate of drug-likeness (QED) is 0.396. The Hall–Kier alpha value is 0.0374. The molecule has 1 aliphatic rings. The maximum atomic E-state index is 11.5. The van der Waals surface area contributed by atoms with Crippen LogP contribution in [0.25, 0.3) is 11.1 Å². The van der Waals surface area contributed by atoms with Crippen molar-refractivity contribution < 1.29 is 5.11 Å². The van der Waals surface area contributed by atoms with Gasteiger partial charge in [0.1, 0.15) is 0 Å². The topological polar surface area (TPSA) is 20.2 Å². The molecule has 25 heavy (non-hydrogen) atoms. The normalized spacial score (nSPS) is 19.0. The molecule has 3 rings (SSSR count). The number of halogens is 1. The van der Waals surface area contributed by atoms with E-state index in [2.05, 4.69) is 92.7 Å². The summed E-state index contributed by atoms with van der Waals surface area (Å²) in [4.78, 5) is 17.3. The third-order valence-corrected chi connectivity index (χ3v) is 16.9. The van der Waals surface area contributed by atoms with Gasteiger partial charge in [-0.25, -0.2) is 0 Å². The van der Waals surface area contributed by atoms with Crippen LogP contribution in [0.2, 0.25) is 29.6 Å². The molecular weight excluding hydrogens is 586 g/mol. The van der Waals surface area contributed by atoms with E-state index in [1.54, 1.807) is 0 Å². The van der Waals surface area contributed by atoms with Crippen molar-refractivity contribution in [2.24, 2.45) is 0 Å². The molecule has 0 saturated carbocycles. The number of benzene rings is 2. The Morgan fingerprint density at radius 1 is 0.800 bits per heavy atom. The molecule has 1 aliphatic carbocycles. The minimum atomic E-state index is -2.23. The van der Waals surface area contributed by atoms with Crippen molar-refractivity contribution in [2.75, 3.05) is 0 Å². The molecule has 1 atom stereocenters. The second kappa shape index (κ2) is 6.58. The van der Waals surface area contributed by atoms with Gasteiger partial charge in [-0.15, -0.1) is 0 Å². The molecule has 0 aliphatic heterocycles. The van der Waals surface area contributed by atoms with Gasteiger partial charge in [0, 0.05) is 0 Å². The van der Waals surface area contributed by atoms with E-state index in [0.29, 0.717) is 0 Å². The van der Waals surface area contributed by atoms with Crippen LogP contribution < -0.4 is 7.16 Å². The number of fused-ring (bicyclic) bond motifs is 3. The second-order valence-electron chi connectivity index (χ2n) is 8.95. The zero-order chi connectivity index (χ0) is 18.6. The van der Waals surface area contributed by atoms with E-state index in [4.69, 9.17) is 0 Å². The van der Waals surface area contributed by atoms with Gasteiger partial charge in [-0.3, -0.25) is 0 Å². The average Bonchev–Trinajstić information content (AvgIpc) is 2.75. The first kappa shape index (κ1) is 19.8. The Kier molecular flexibility index (Phi) is 5.21. The van der Waals surface area contributed by atoms with E-state index in [9.17, 15) is 5.11 Å². The second-order valence-corrected chi connectivity index (χ2v) is 38.3. The van der Waals surface area contributed by atoms with E-state index in [-0.39, 0.29) is 0 Å². The third kappa shape index (κ3) is 3.47. The Bertz CT molecular complexity index is 910. The maximum absolute atomic E-state index is 11.5. The Morgan fingerprint density at radius 3 is 1.92 bits per heavy atom. The fourth-order valence-electron chi connectivity index (χ4n) is 3.44. The predicted molar refractivity (Wildman–Crippen MR) is 118 cm³/mol. The number of aliphatic hydroxyl groups is 1. The van der Waals surface area contributed by atoms with Crippen molar-refractivity contribution in [1.29, 1.82) is 0 Å². The molecule has 0 radical (unpaired) electrons. The van der Waals surface area contributed by atoms with Crippen LogP contribution in [-0.2, 0) is 5.60 Å². The molecule has 1 nitrogen and oxygen atoms in total. The van der Waals surface area contributed by atoms with Gasteiger partial charge in [-0.1, -0.05) is 0 Å². The van der Waals surface area contributed by atoms with E-state index < -0.39 is 42.4 Å². The van der Waals surface area contributed by atoms with Crippen molar-refractivity contribution in [3.8, 4) is 21.9 Å². The molecule has 2 aromatic rings. The number of rotatable bonds is 2. The van der Waals surface area contributed by atoms with Crippen LogP contribution in [-0.4, -0.2) is 41.9 Å². The standard InChI is InChI=1S/C15H7BrO.6CH3.2Sn/c16-10-9-15(17)13-7-3-1-5-11(13)12-6-2-4-8-14(12)15;;;;;;;;/h1,4-8,17H;6*1H3;;. The average molecular weight is 611 g/mol. The summed E-state index contributed by atoms with van der Waals surface area (Å²) in [6, 6.07) is 13.3. The van der Waals surface area contributed by atoms with Crippen LogP contribution in [0.15, 0.2) is 36.4 Å². The first-order valence-corrected chi connectivity index (χ1v) is 29.4. The molecule has 0 bridgehead atoms. The summed E-state index contributed by atoms with van der Waals surface area (Å²) in [5.41, 5.74) is 2.97. The Morgan fingerprint density at radius 2 is 1.36 bits per heavy atom. The van der Waals surface area contributed by atoms with Gasteiger partial charge in [0.15, 0.2) is 0 Å². The van der Waals surface area contributed by atoms with Gasteiger partial charge < -0.3 is 0 Å². The Labute approximate surface area is 168 Å². The van der Waals surface area contributed by atoms with Crippen LogP contribution in [0, 0.1) is 10.8 Å². The van der Waals surface area contributed by atoms with E-state index in [0.717, 1.165) is 22.3 Å². The molecule has 0 saturated heterocycles. The van der Waals surface area contributed by atoms with Gasteiger partial charge in [-0.2, -0.15) is 0 Å². The first-order chi connectivity index (χ1) is 11.5. The summed E-state index contributed by atoms with van der Waals surface area (Å²) in [6.07, 6.45) is 0. The predicted octanol–water partition coefficient (Wildman–Crippen LogP) is 4.35. The SMILES string of the molecule is [CH3][Sn]([CH3])([CH3])[c]1ccc2c(c1)-c1cc[c]([Sn]([CH3])([CH3])[CH3])cc1C2(O)C#CBr. The summed E-state index contributed by atoms with van der Waals surface area (Å²) in [7, 11) is 0. The molecule has 1 unspecified atom stereocenters. The molecule has 4 heteroatoms. The van der Waals surface area contributed by atoms with Crippen molar-refractivity contribution >= 4 is 59.8 Å². The van der Waals surface area contributed by atoms with Crippen molar-refractivity contribution in [3.05, 3.63) is 47.5 Å². The van der Waals surface area contributed by atoms with Crippen LogP contribution >= 0.6 is 15.9 Å². The zero-order valence-electron chi connectivity index (χ0n) is 15.8. The molecule has 0 amide bonds. The molecule has 0 spiro atoms. The van der Waals surface area contributed by atoms with Crippen molar-refractivity contribution in [2.45, 2.75) is 35.2 Å². The van der Waals surface area contributed by atoms with E-state index >= 15 is 0 Å². The zero-order valence-corrected chi connectivity index (χ0v) is 23.1. The number of hydrogen-bond donors (Lipinski definition) is 1. The molecule has 0 aromatic heterocycles. The summed E-state index contributed by atoms with van der Waals surface area (Å²) in [6.45, 7) is 0. The fourth-order valence-corrected chi connectivity index (χ4v) is 10.4. The fraction of sp³-hybridized carbons (Fsp3) is 0.333. The summed E-state index contributed by atoms with van der Waals surface area (Å²) in [5, 5.41) is 11.5. The van der Waals surface area contributed by atoms with Crippen LogP contribution in [0.3, 0.4) is 0 Å². The molecule has 1 N–H and O–H groups in total. The minimum absolute atomic E-state index is 0.926. The van der Waals surface area contributed by atoms with Crippen LogP contribution in [0.4, 0.5) is 0 Å². The van der Waals surface area contributed by atoms with Gasteiger partial charge >= 0.3 is 170 Å². The number of hydrogen-bond acceptors (Lipinski definition) is 1. The van der Waals surface area contributed by atoms with E-state index in [1.165, 1.54) is 7.16 Å². The molecule has 130 valence electrons. The van der Waals surface area contributed by atoms with Crippen molar-refractivity contribution in [1.82, 2.24) is 0 Å². The van der Waals surface area contributed by atoms with Crippen molar-refractivity contribution in [3.63, 3.8) is 0 Å². The summed E-state index contributed by atoms with van der Waals surface area (Å²) in [5.74, 6) is 3.03. The summed E-state index contributed by atoms with van der Waals surface area (Å²) < 4.78 is 2.90. The molecular formula is C21H25BrOSn2. The third-order valence-electron chi connectivity index (χ3n) is 5.07. The Balaban J connectivity index is 2.32. The molecule has 0 fully saturated rings. The van der Waals surface area contributed by atoms with Gasteiger partial charge in [0.25, 0.3) is 0 Å². The first-order valence-electron chi connectivity index (χ1n) is 8.64. The van der Waals surface area contributed by atoms with Crippen LogP contribution in [0.5, 0.6) is 0 Å². The molecule has 0 heterocycles.